The van der Waals surface area contributed by atoms with Crippen molar-refractivity contribution >= 4 is 74.4 Å². The number of nitrogens with zero attached hydrogens (tertiary/aromatic N) is 1. The summed E-state index contributed by atoms with van der Waals surface area (Å²) < 4.78 is 10.9. The van der Waals surface area contributed by atoms with Crippen molar-refractivity contribution in [2.24, 2.45) is 0 Å². The van der Waals surface area contributed by atoms with E-state index in [1.54, 1.807) is 88.0 Å². The molecule has 256 valence electrons. The summed E-state index contributed by atoms with van der Waals surface area (Å²) in [6.45, 7) is 9.62. The molecule has 2 heterocycles. The number of hydrogen-bond acceptors (Lipinski definition) is 9. The molecule has 0 fully saturated rings. The number of esters is 1. The van der Waals surface area contributed by atoms with E-state index in [-0.39, 0.29) is 30.2 Å². The molecule has 3 N–H and O–H groups in total. The number of carboxylic acids is 1. The number of amides is 3. The van der Waals surface area contributed by atoms with Gasteiger partial charge in [-0.05, 0) is 82.3 Å². The molecule has 11 nitrogen and oxygen atoms in total. The Labute approximate surface area is 292 Å². The Hall–Kier alpha value is -4.88. The number of ether oxygens (including phenoxy) is 2. The van der Waals surface area contributed by atoms with E-state index in [0.29, 0.717) is 44.9 Å². The molecule has 0 spiro atoms. The summed E-state index contributed by atoms with van der Waals surface area (Å²) in [5.41, 5.74) is 1.14. The van der Waals surface area contributed by atoms with Gasteiger partial charge in [-0.1, -0.05) is 30.3 Å². The lowest BCUT2D eigenvalue weighted by Crippen LogP contribution is -2.39. The number of hydrogen-bond donors (Lipinski definition) is 3. The second-order valence-corrected chi connectivity index (χ2v) is 14.8. The molecule has 0 saturated heterocycles. The summed E-state index contributed by atoms with van der Waals surface area (Å²) >= 11 is 2.51. The Balaban J connectivity index is 1.30. The average Bonchev–Trinajstić information content (AvgIpc) is 3.40. The highest BCUT2D eigenvalue weighted by atomic mass is 32.2. The number of thiophene rings is 1. The van der Waals surface area contributed by atoms with Crippen LogP contribution in [0.1, 0.15) is 76.1 Å². The van der Waals surface area contributed by atoms with Crippen molar-refractivity contribution in [2.75, 3.05) is 23.8 Å². The van der Waals surface area contributed by atoms with Gasteiger partial charge >= 0.3 is 18.0 Å². The number of nitrogens with one attached hydrogen (secondary N) is 2. The number of carboxylic acid groups (broad SMARTS) is 1. The van der Waals surface area contributed by atoms with Crippen molar-refractivity contribution in [1.29, 1.82) is 0 Å². The van der Waals surface area contributed by atoms with Crippen LogP contribution in [0.3, 0.4) is 0 Å². The summed E-state index contributed by atoms with van der Waals surface area (Å²) in [6, 6.07) is 16.9. The molecule has 0 radical (unpaired) electrons. The molecular formula is C36H37N3O8S2. The van der Waals surface area contributed by atoms with Crippen LogP contribution in [0.25, 0.3) is 10.8 Å². The van der Waals surface area contributed by atoms with Crippen molar-refractivity contribution in [2.45, 2.75) is 63.3 Å². The Morgan fingerprint density at radius 2 is 1.69 bits per heavy atom. The second-order valence-electron chi connectivity index (χ2n) is 12.3. The molecule has 3 amide bonds. The van der Waals surface area contributed by atoms with Crippen molar-refractivity contribution in [3.8, 4) is 0 Å². The molecule has 4 aromatic rings. The zero-order chi connectivity index (χ0) is 35.5. The predicted molar refractivity (Wildman–Crippen MR) is 190 cm³/mol. The Morgan fingerprint density at radius 1 is 1.00 bits per heavy atom. The zero-order valence-corrected chi connectivity index (χ0v) is 29.4. The van der Waals surface area contributed by atoms with Gasteiger partial charge in [0.05, 0.1) is 29.5 Å². The standard InChI is InChI=1S/C36H37N3O8S2/c1-6-46-34(44)29-24-16-17-39(35(45)47-36(3,4)5)19-27(24)49-32(29)38-30(40)20(2)48-23-13-9-12-22(18-23)37-31(41)25-14-7-10-21-11-8-15-26(28(21)25)33(42)43/h7-15,18,20H,6,16-17,19H2,1-5H3,(H,37,41)(H,38,40)(H,42,43). The van der Waals surface area contributed by atoms with Crippen LogP contribution >= 0.6 is 23.1 Å². The van der Waals surface area contributed by atoms with Crippen molar-refractivity contribution in [1.82, 2.24) is 4.90 Å². The van der Waals surface area contributed by atoms with E-state index >= 15 is 0 Å². The number of fused-ring (bicyclic) bond motifs is 2. The fourth-order valence-electron chi connectivity index (χ4n) is 5.42. The van der Waals surface area contributed by atoms with Crippen LogP contribution in [0.2, 0.25) is 0 Å². The number of rotatable bonds is 9. The van der Waals surface area contributed by atoms with E-state index in [2.05, 4.69) is 10.6 Å². The number of carbonyl (C=O) groups is 5. The third kappa shape index (κ3) is 8.23. The maximum atomic E-state index is 13.5. The van der Waals surface area contributed by atoms with Crippen molar-refractivity contribution in [3.05, 3.63) is 87.8 Å². The van der Waals surface area contributed by atoms with Gasteiger partial charge in [0.1, 0.15) is 10.6 Å². The Morgan fingerprint density at radius 3 is 2.37 bits per heavy atom. The van der Waals surface area contributed by atoms with E-state index in [9.17, 15) is 29.1 Å². The third-order valence-electron chi connectivity index (χ3n) is 7.58. The lowest BCUT2D eigenvalue weighted by atomic mass is 9.98. The number of anilines is 2. The number of benzene rings is 3. The first-order chi connectivity index (χ1) is 23.3. The first kappa shape index (κ1) is 35.4. The number of carbonyl (C=O) groups excluding carboxylic acids is 4. The lowest BCUT2D eigenvalue weighted by molar-refractivity contribution is -0.115. The van der Waals surface area contributed by atoms with Gasteiger partial charge in [0.25, 0.3) is 5.91 Å². The largest absolute Gasteiger partial charge is 0.478 e. The Kier molecular flexibility index (Phi) is 10.6. The minimum Gasteiger partial charge on any atom is -0.478 e. The van der Waals surface area contributed by atoms with Gasteiger partial charge in [-0.2, -0.15) is 0 Å². The fourth-order valence-corrected chi connectivity index (χ4v) is 7.60. The van der Waals surface area contributed by atoms with Crippen LogP contribution in [0.15, 0.2) is 65.6 Å². The smallest absolute Gasteiger partial charge is 0.410 e. The molecule has 1 aromatic heterocycles. The topological polar surface area (TPSA) is 151 Å². The van der Waals surface area contributed by atoms with Gasteiger partial charge in [0.2, 0.25) is 5.91 Å². The van der Waals surface area contributed by atoms with Gasteiger partial charge in [-0.15, -0.1) is 23.1 Å². The normalized spacial score (nSPS) is 13.3. The average molecular weight is 704 g/mol. The SMILES string of the molecule is CCOC(=O)c1c(NC(=O)C(C)Sc2cccc(NC(=O)c3cccc4cccc(C(=O)O)c34)c2)sc2c1CCN(C(=O)OC(C)(C)C)C2. The van der Waals surface area contributed by atoms with Crippen LogP contribution in [-0.4, -0.2) is 63.9 Å². The van der Waals surface area contributed by atoms with Crippen LogP contribution < -0.4 is 10.6 Å². The summed E-state index contributed by atoms with van der Waals surface area (Å²) in [5.74, 6) is -2.47. The molecule has 1 unspecified atom stereocenters. The highest BCUT2D eigenvalue weighted by Gasteiger charge is 2.33. The second kappa shape index (κ2) is 14.7. The van der Waals surface area contributed by atoms with Crippen LogP contribution in [0.4, 0.5) is 15.5 Å². The van der Waals surface area contributed by atoms with Crippen molar-refractivity contribution < 1.29 is 38.6 Å². The molecule has 1 aliphatic heterocycles. The van der Waals surface area contributed by atoms with Gasteiger partial charge in [-0.25, -0.2) is 14.4 Å². The van der Waals surface area contributed by atoms with Gasteiger partial charge in [0.15, 0.2) is 0 Å². The van der Waals surface area contributed by atoms with Gasteiger partial charge in [0, 0.05) is 33.0 Å². The highest BCUT2D eigenvalue weighted by Crippen LogP contribution is 2.39. The molecule has 5 rings (SSSR count). The molecule has 1 aliphatic rings. The van der Waals surface area contributed by atoms with Crippen LogP contribution in [-0.2, 0) is 27.2 Å². The highest BCUT2D eigenvalue weighted by molar-refractivity contribution is 8.00. The van der Waals surface area contributed by atoms with E-state index in [1.165, 1.54) is 29.2 Å². The summed E-state index contributed by atoms with van der Waals surface area (Å²) in [6.07, 6.45) is -0.0331. The number of thioether (sulfide) groups is 1. The molecule has 0 aliphatic carbocycles. The van der Waals surface area contributed by atoms with Crippen molar-refractivity contribution in [3.63, 3.8) is 0 Å². The lowest BCUT2D eigenvalue weighted by Gasteiger charge is -2.30. The predicted octanol–water partition coefficient (Wildman–Crippen LogP) is 7.44. The minimum absolute atomic E-state index is 0.0328. The van der Waals surface area contributed by atoms with E-state index < -0.39 is 34.8 Å². The molecule has 0 saturated carbocycles. The summed E-state index contributed by atoms with van der Waals surface area (Å²) in [5, 5.41) is 16.2. The van der Waals surface area contributed by atoms with Gasteiger partial charge < -0.3 is 30.1 Å². The summed E-state index contributed by atoms with van der Waals surface area (Å²) in [4.78, 5) is 67.5. The minimum atomic E-state index is -1.13. The number of aromatic carboxylic acids is 1. The molecular weight excluding hydrogens is 667 g/mol. The van der Waals surface area contributed by atoms with Gasteiger partial charge in [-0.3, -0.25) is 9.59 Å². The Bertz CT molecular complexity index is 1940. The molecule has 0 bridgehead atoms. The van der Waals surface area contributed by atoms with E-state index in [1.807, 2.05) is 6.07 Å². The van der Waals surface area contributed by atoms with Crippen LogP contribution in [0.5, 0.6) is 0 Å². The quantitative estimate of drug-likeness (QED) is 0.119. The monoisotopic (exact) mass is 703 g/mol. The summed E-state index contributed by atoms with van der Waals surface area (Å²) in [7, 11) is 0. The molecule has 49 heavy (non-hydrogen) atoms. The third-order valence-corrected chi connectivity index (χ3v) is 9.80. The van der Waals surface area contributed by atoms with Crippen LogP contribution in [0, 0.1) is 0 Å². The van der Waals surface area contributed by atoms with E-state index in [4.69, 9.17) is 9.47 Å². The molecule has 1 atom stereocenters. The maximum absolute atomic E-state index is 13.5. The molecule has 13 heteroatoms. The zero-order valence-electron chi connectivity index (χ0n) is 27.7. The first-order valence-corrected chi connectivity index (χ1v) is 17.4. The fraction of sp³-hybridized carbons (Fsp3) is 0.306. The molecule has 3 aromatic carbocycles. The first-order valence-electron chi connectivity index (χ1n) is 15.7. The van der Waals surface area contributed by atoms with E-state index in [0.717, 1.165) is 10.4 Å². The maximum Gasteiger partial charge on any atom is 0.410 e.